The summed E-state index contributed by atoms with van der Waals surface area (Å²) in [6.45, 7) is 5.91. The number of terminal acetylenes is 1. The second-order valence-corrected chi connectivity index (χ2v) is 5.33. The van der Waals surface area contributed by atoms with Gasteiger partial charge in [-0.15, -0.1) is 6.42 Å². The number of carbonyl (C=O) groups excluding carboxylic acids is 2. The fraction of sp³-hybridized carbons (Fsp3) is 0.692. The van der Waals surface area contributed by atoms with Crippen molar-refractivity contribution in [2.24, 2.45) is 11.8 Å². The molecule has 1 fully saturated rings. The van der Waals surface area contributed by atoms with Crippen molar-refractivity contribution in [2.45, 2.75) is 39.2 Å². The molecule has 0 unspecified atom stereocenters. The van der Waals surface area contributed by atoms with Gasteiger partial charge in [0.2, 0.25) is 0 Å². The molecule has 1 amide bonds. The van der Waals surface area contributed by atoms with Gasteiger partial charge < -0.3 is 10.1 Å². The van der Waals surface area contributed by atoms with Crippen molar-refractivity contribution < 1.29 is 14.3 Å². The Labute approximate surface area is 102 Å². The van der Waals surface area contributed by atoms with Crippen molar-refractivity contribution in [3.05, 3.63) is 0 Å². The highest BCUT2D eigenvalue weighted by Crippen LogP contribution is 2.39. The van der Waals surface area contributed by atoms with E-state index in [-0.39, 0.29) is 24.0 Å². The molecule has 4 heteroatoms. The average molecular weight is 237 g/mol. The summed E-state index contributed by atoms with van der Waals surface area (Å²) in [5.74, 6) is 2.70. The van der Waals surface area contributed by atoms with Gasteiger partial charge in [-0.1, -0.05) is 5.92 Å². The van der Waals surface area contributed by atoms with Crippen molar-refractivity contribution in [1.29, 1.82) is 0 Å². The molecule has 1 aliphatic carbocycles. The summed E-state index contributed by atoms with van der Waals surface area (Å²) in [4.78, 5) is 22.7. The summed E-state index contributed by atoms with van der Waals surface area (Å²) >= 11 is 0. The van der Waals surface area contributed by atoms with E-state index in [1.165, 1.54) is 0 Å². The maximum Gasteiger partial charge on any atom is 0.407 e. The van der Waals surface area contributed by atoms with Crippen molar-refractivity contribution in [3.8, 4) is 12.3 Å². The number of carbonyl (C=O) groups is 2. The number of nitrogens with one attached hydrogen (secondary N) is 1. The highest BCUT2D eigenvalue weighted by molar-refractivity contribution is 5.85. The minimum Gasteiger partial charge on any atom is -0.444 e. The first-order valence-corrected chi connectivity index (χ1v) is 5.76. The van der Waals surface area contributed by atoms with E-state index in [4.69, 9.17) is 11.2 Å². The van der Waals surface area contributed by atoms with Crippen LogP contribution in [0.25, 0.3) is 0 Å². The Morgan fingerprint density at radius 1 is 1.47 bits per heavy atom. The molecule has 1 aliphatic rings. The zero-order valence-corrected chi connectivity index (χ0v) is 10.6. The second-order valence-electron chi connectivity index (χ2n) is 5.33. The first kappa shape index (κ1) is 13.6. The van der Waals surface area contributed by atoms with Crippen LogP contribution in [0.1, 0.15) is 33.6 Å². The maximum absolute atomic E-state index is 11.4. The second kappa shape index (κ2) is 5.22. The van der Waals surface area contributed by atoms with Crippen LogP contribution in [0.5, 0.6) is 0 Å². The zero-order valence-electron chi connectivity index (χ0n) is 10.6. The van der Waals surface area contributed by atoms with Crippen molar-refractivity contribution >= 4 is 11.9 Å². The number of hydrogen-bond acceptors (Lipinski definition) is 3. The average Bonchev–Trinajstić information content (AvgIpc) is 2.91. The lowest BCUT2D eigenvalue weighted by Crippen LogP contribution is -2.33. The Balaban J connectivity index is 2.20. The molecule has 1 N–H and O–H groups in total. The van der Waals surface area contributed by atoms with E-state index in [9.17, 15) is 9.59 Å². The van der Waals surface area contributed by atoms with Gasteiger partial charge in [-0.2, -0.15) is 0 Å². The molecule has 17 heavy (non-hydrogen) atoms. The molecule has 0 aromatic carbocycles. The molecule has 1 saturated carbocycles. The van der Waals surface area contributed by atoms with Crippen LogP contribution in [0.15, 0.2) is 0 Å². The normalized spacial score (nSPS) is 22.5. The topological polar surface area (TPSA) is 55.4 Å². The van der Waals surface area contributed by atoms with Gasteiger partial charge in [0.05, 0.1) is 6.42 Å². The zero-order chi connectivity index (χ0) is 13.1. The molecule has 94 valence electrons. The lowest BCUT2D eigenvalue weighted by Gasteiger charge is -2.19. The van der Waals surface area contributed by atoms with Gasteiger partial charge in [0, 0.05) is 12.5 Å². The Hall–Kier alpha value is -1.50. The Morgan fingerprint density at radius 3 is 2.65 bits per heavy atom. The SMILES string of the molecule is C#CCC(=O)[C@H]1C[C@H]1CNC(=O)OC(C)(C)C. The minimum absolute atomic E-state index is 0.0287. The molecule has 0 aliphatic heterocycles. The van der Waals surface area contributed by atoms with E-state index in [1.807, 2.05) is 20.8 Å². The standard InChI is InChI=1S/C13H19NO3/c1-5-6-11(15)10-7-9(10)8-14-12(16)17-13(2,3)4/h1,9-10H,6-8H2,2-4H3,(H,14,16)/t9-,10-/m0/s1. The van der Waals surface area contributed by atoms with E-state index >= 15 is 0 Å². The monoisotopic (exact) mass is 237 g/mol. The Bertz CT molecular complexity index is 349. The number of ketones is 1. The number of amides is 1. The van der Waals surface area contributed by atoms with E-state index < -0.39 is 11.7 Å². The summed E-state index contributed by atoms with van der Waals surface area (Å²) < 4.78 is 5.09. The van der Waals surface area contributed by atoms with Crippen LogP contribution in [0.4, 0.5) is 4.79 Å². The molecule has 0 saturated heterocycles. The van der Waals surface area contributed by atoms with Gasteiger partial charge in [0.15, 0.2) is 0 Å². The van der Waals surface area contributed by atoms with Crippen molar-refractivity contribution in [2.75, 3.05) is 6.54 Å². The number of hydrogen-bond donors (Lipinski definition) is 1. The molecule has 0 bridgehead atoms. The van der Waals surface area contributed by atoms with Crippen LogP contribution < -0.4 is 5.32 Å². The predicted octanol–water partition coefficient (Wildman–Crippen LogP) is 1.74. The molecule has 0 aromatic rings. The van der Waals surface area contributed by atoms with Gasteiger partial charge in [-0.05, 0) is 33.1 Å². The molecular formula is C13H19NO3. The summed E-state index contributed by atoms with van der Waals surface area (Å²) in [5, 5.41) is 2.66. The largest absolute Gasteiger partial charge is 0.444 e. The fourth-order valence-corrected chi connectivity index (χ4v) is 1.63. The van der Waals surface area contributed by atoms with E-state index in [0.717, 1.165) is 6.42 Å². The van der Waals surface area contributed by atoms with Crippen LogP contribution in [-0.2, 0) is 9.53 Å². The molecule has 0 aromatic heterocycles. The predicted molar refractivity (Wildman–Crippen MR) is 64.3 cm³/mol. The third kappa shape index (κ3) is 4.90. The summed E-state index contributed by atoms with van der Waals surface area (Å²) in [7, 11) is 0. The third-order valence-corrected chi connectivity index (χ3v) is 2.52. The number of rotatable bonds is 4. The van der Waals surface area contributed by atoms with Crippen molar-refractivity contribution in [1.82, 2.24) is 5.32 Å². The highest BCUT2D eigenvalue weighted by atomic mass is 16.6. The molecule has 0 spiro atoms. The van der Waals surface area contributed by atoms with Crippen LogP contribution in [0.2, 0.25) is 0 Å². The molecule has 0 heterocycles. The van der Waals surface area contributed by atoms with Gasteiger partial charge in [0.1, 0.15) is 11.4 Å². The number of Topliss-reactive ketones (excluding diaryl/α,β-unsaturated/α-hetero) is 1. The van der Waals surface area contributed by atoms with Crippen LogP contribution in [-0.4, -0.2) is 24.0 Å². The minimum atomic E-state index is -0.494. The molecular weight excluding hydrogens is 218 g/mol. The number of ether oxygens (including phenoxy) is 1. The summed E-state index contributed by atoms with van der Waals surface area (Å²) in [6, 6.07) is 0. The summed E-state index contributed by atoms with van der Waals surface area (Å²) in [5.41, 5.74) is -0.494. The van der Waals surface area contributed by atoms with Gasteiger partial charge in [0.25, 0.3) is 0 Å². The third-order valence-electron chi connectivity index (χ3n) is 2.52. The first-order valence-electron chi connectivity index (χ1n) is 5.76. The molecule has 4 nitrogen and oxygen atoms in total. The van der Waals surface area contributed by atoms with E-state index in [2.05, 4.69) is 11.2 Å². The summed E-state index contributed by atoms with van der Waals surface area (Å²) in [6.07, 6.45) is 5.64. The first-order chi connectivity index (χ1) is 7.83. The molecule has 0 radical (unpaired) electrons. The lowest BCUT2D eigenvalue weighted by molar-refractivity contribution is -0.119. The van der Waals surface area contributed by atoms with Gasteiger partial charge in [-0.3, -0.25) is 4.79 Å². The van der Waals surface area contributed by atoms with Crippen LogP contribution >= 0.6 is 0 Å². The van der Waals surface area contributed by atoms with E-state index in [1.54, 1.807) is 0 Å². The van der Waals surface area contributed by atoms with Gasteiger partial charge >= 0.3 is 6.09 Å². The van der Waals surface area contributed by atoms with Crippen molar-refractivity contribution in [3.63, 3.8) is 0 Å². The number of alkyl carbamates (subject to hydrolysis) is 1. The van der Waals surface area contributed by atoms with Gasteiger partial charge in [-0.25, -0.2) is 4.79 Å². The quantitative estimate of drug-likeness (QED) is 0.758. The van der Waals surface area contributed by atoms with Crippen LogP contribution in [0.3, 0.4) is 0 Å². The molecule has 1 rings (SSSR count). The maximum atomic E-state index is 11.4. The van der Waals surface area contributed by atoms with Crippen LogP contribution in [0, 0.1) is 24.2 Å². The Kier molecular flexibility index (Phi) is 4.17. The smallest absolute Gasteiger partial charge is 0.407 e. The fourth-order valence-electron chi connectivity index (χ4n) is 1.63. The van der Waals surface area contributed by atoms with E-state index in [0.29, 0.717) is 6.54 Å². The lowest BCUT2D eigenvalue weighted by atomic mass is 10.1. The molecule has 2 atom stereocenters. The Morgan fingerprint density at radius 2 is 2.12 bits per heavy atom. The highest BCUT2D eigenvalue weighted by Gasteiger charge is 2.42.